The van der Waals surface area contributed by atoms with E-state index < -0.39 is 28.3 Å². The van der Waals surface area contributed by atoms with Gasteiger partial charge in [-0.15, -0.1) is 0 Å². The third-order valence-corrected chi connectivity index (χ3v) is 6.69. The van der Waals surface area contributed by atoms with Crippen LogP contribution in [0.2, 0.25) is 10.0 Å². The summed E-state index contributed by atoms with van der Waals surface area (Å²) in [6, 6.07) is 13.1. The van der Waals surface area contributed by atoms with Crippen LogP contribution in [-0.2, 0) is 21.2 Å². The van der Waals surface area contributed by atoms with Gasteiger partial charge < -0.3 is 14.8 Å². The summed E-state index contributed by atoms with van der Waals surface area (Å²) in [5.74, 6) is -0.515. The van der Waals surface area contributed by atoms with E-state index in [0.29, 0.717) is 27.6 Å². The number of hydrogen-bond acceptors (Lipinski definition) is 5. The van der Waals surface area contributed by atoms with Crippen molar-refractivity contribution in [3.05, 3.63) is 81.6 Å². The lowest BCUT2D eigenvalue weighted by Crippen LogP contribution is -2.33. The van der Waals surface area contributed by atoms with Crippen molar-refractivity contribution in [1.82, 2.24) is 4.72 Å². The molecule has 0 aliphatic carbocycles. The number of hydrogen-bond donors (Lipinski definition) is 2. The molecule has 11 heteroatoms. The first-order valence-corrected chi connectivity index (χ1v) is 12.1. The van der Waals surface area contributed by atoms with E-state index >= 15 is 0 Å². The number of rotatable bonds is 9. The number of anilines is 1. The Hall–Kier alpha value is -2.85. The Morgan fingerprint density at radius 2 is 1.59 bits per heavy atom. The Kier molecular flexibility index (Phi) is 8.37. The lowest BCUT2D eigenvalue weighted by molar-refractivity contribution is -0.115. The second-order valence-electron chi connectivity index (χ2n) is 7.10. The number of nitrogens with one attached hydrogen (secondary N) is 2. The third kappa shape index (κ3) is 6.38. The summed E-state index contributed by atoms with van der Waals surface area (Å²) >= 11 is 11.9. The van der Waals surface area contributed by atoms with Crippen molar-refractivity contribution < 1.29 is 27.1 Å². The van der Waals surface area contributed by atoms with E-state index in [1.165, 1.54) is 38.5 Å². The molecule has 0 aromatic heterocycles. The van der Waals surface area contributed by atoms with Gasteiger partial charge in [-0.25, -0.2) is 17.5 Å². The summed E-state index contributed by atoms with van der Waals surface area (Å²) in [6.45, 7) is -0.534. The Morgan fingerprint density at radius 1 is 0.912 bits per heavy atom. The first-order chi connectivity index (χ1) is 16.1. The second-order valence-corrected chi connectivity index (χ2v) is 9.74. The number of amides is 1. The largest absolute Gasteiger partial charge is 0.493 e. The van der Waals surface area contributed by atoms with Gasteiger partial charge in [0, 0.05) is 28.2 Å². The van der Waals surface area contributed by atoms with E-state index in [2.05, 4.69) is 10.0 Å². The highest BCUT2D eigenvalue weighted by molar-refractivity contribution is 7.89. The van der Waals surface area contributed by atoms with Gasteiger partial charge in [-0.2, -0.15) is 0 Å². The Morgan fingerprint density at radius 3 is 2.26 bits per heavy atom. The van der Waals surface area contributed by atoms with Gasteiger partial charge in [0.25, 0.3) is 0 Å². The first-order valence-electron chi connectivity index (χ1n) is 9.87. The predicted octanol–water partition coefficient (Wildman–Crippen LogP) is 4.66. The highest BCUT2D eigenvalue weighted by atomic mass is 35.5. The Balaban J connectivity index is 1.72. The fraction of sp³-hybridized carbons (Fsp3) is 0.174. The van der Waals surface area contributed by atoms with Crippen molar-refractivity contribution in [2.24, 2.45) is 0 Å². The lowest BCUT2D eigenvalue weighted by Gasteiger charge is -2.14. The Labute approximate surface area is 206 Å². The summed E-state index contributed by atoms with van der Waals surface area (Å²) in [5.41, 5.74) is 1.27. The van der Waals surface area contributed by atoms with Crippen LogP contribution in [0.25, 0.3) is 0 Å². The van der Waals surface area contributed by atoms with Gasteiger partial charge in [0.2, 0.25) is 15.9 Å². The maximum atomic E-state index is 14.2. The molecule has 0 unspecified atom stereocenters. The number of benzene rings is 3. The van der Waals surface area contributed by atoms with Crippen molar-refractivity contribution in [3.8, 4) is 11.5 Å². The smallest absolute Gasteiger partial charge is 0.241 e. The van der Waals surface area contributed by atoms with Crippen LogP contribution < -0.4 is 19.5 Å². The highest BCUT2D eigenvalue weighted by Gasteiger charge is 2.19. The molecule has 2 N–H and O–H groups in total. The molecule has 0 fully saturated rings. The lowest BCUT2D eigenvalue weighted by atomic mass is 10.0. The fourth-order valence-electron chi connectivity index (χ4n) is 3.12. The highest BCUT2D eigenvalue weighted by Crippen LogP contribution is 2.29. The zero-order chi connectivity index (χ0) is 24.9. The van der Waals surface area contributed by atoms with Crippen LogP contribution in [0.3, 0.4) is 0 Å². The summed E-state index contributed by atoms with van der Waals surface area (Å²) in [4.78, 5) is 12.4. The molecule has 0 radical (unpaired) electrons. The number of halogens is 3. The van der Waals surface area contributed by atoms with Crippen LogP contribution in [0.15, 0.2) is 59.5 Å². The SMILES string of the molecule is COc1ccc(S(=O)(=O)NCC(=O)Nc2ccc(Cl)cc2Cc2ccc(Cl)cc2F)cc1OC. The molecule has 1 amide bonds. The molecule has 0 saturated heterocycles. The van der Waals surface area contributed by atoms with Crippen LogP contribution >= 0.6 is 23.2 Å². The third-order valence-electron chi connectivity index (χ3n) is 4.83. The molecule has 3 aromatic carbocycles. The average molecular weight is 527 g/mol. The monoisotopic (exact) mass is 526 g/mol. The summed E-state index contributed by atoms with van der Waals surface area (Å²) in [6.07, 6.45) is 0.135. The standard InChI is InChI=1S/C23H21Cl2FN2O5S/c1-32-21-8-6-18(12-22(21)33-2)34(30,31)27-13-23(29)28-20-7-5-16(24)10-15(20)9-14-3-4-17(25)11-19(14)26/h3-8,10-12,27H,9,13H2,1-2H3,(H,28,29). The molecular weight excluding hydrogens is 506 g/mol. The fourth-order valence-corrected chi connectivity index (χ4v) is 4.47. The van der Waals surface area contributed by atoms with E-state index in [1.807, 2.05) is 0 Å². The van der Waals surface area contributed by atoms with Gasteiger partial charge >= 0.3 is 0 Å². The van der Waals surface area contributed by atoms with Crippen molar-refractivity contribution >= 4 is 44.8 Å². The molecule has 0 spiro atoms. The quantitative estimate of drug-likeness (QED) is 0.423. The van der Waals surface area contributed by atoms with E-state index in [9.17, 15) is 17.6 Å². The van der Waals surface area contributed by atoms with Gasteiger partial charge in [0.15, 0.2) is 11.5 Å². The maximum Gasteiger partial charge on any atom is 0.241 e. The van der Waals surface area contributed by atoms with Crippen LogP contribution in [0, 0.1) is 5.82 Å². The van der Waals surface area contributed by atoms with Gasteiger partial charge in [0.1, 0.15) is 5.82 Å². The molecule has 34 heavy (non-hydrogen) atoms. The van der Waals surface area contributed by atoms with Crippen LogP contribution in [0.4, 0.5) is 10.1 Å². The molecule has 0 aliphatic rings. The zero-order valence-electron chi connectivity index (χ0n) is 18.2. The first kappa shape index (κ1) is 25.8. The van der Waals surface area contributed by atoms with E-state index in [4.69, 9.17) is 32.7 Å². The van der Waals surface area contributed by atoms with Crippen molar-refractivity contribution in [1.29, 1.82) is 0 Å². The van der Waals surface area contributed by atoms with Gasteiger partial charge in [-0.3, -0.25) is 4.79 Å². The van der Waals surface area contributed by atoms with Crippen LogP contribution in [0.1, 0.15) is 11.1 Å². The maximum absolute atomic E-state index is 14.2. The number of methoxy groups -OCH3 is 2. The number of sulfonamides is 1. The Bertz CT molecular complexity index is 1320. The van der Waals surface area contributed by atoms with Crippen molar-refractivity contribution in [3.63, 3.8) is 0 Å². The molecule has 3 rings (SSSR count). The topological polar surface area (TPSA) is 93.7 Å². The van der Waals surface area contributed by atoms with Crippen LogP contribution in [0.5, 0.6) is 11.5 Å². The molecule has 7 nitrogen and oxygen atoms in total. The molecule has 0 heterocycles. The normalized spacial score (nSPS) is 11.2. The minimum atomic E-state index is -4.01. The molecule has 0 aliphatic heterocycles. The van der Waals surface area contributed by atoms with Crippen molar-refractivity contribution in [2.45, 2.75) is 11.3 Å². The molecule has 180 valence electrons. The summed E-state index contributed by atoms with van der Waals surface area (Å²) in [5, 5.41) is 3.30. The minimum Gasteiger partial charge on any atom is -0.493 e. The molecular formula is C23H21Cl2FN2O5S. The van der Waals surface area contributed by atoms with Crippen molar-refractivity contribution in [2.75, 3.05) is 26.1 Å². The molecule has 0 atom stereocenters. The van der Waals surface area contributed by atoms with E-state index in [0.717, 1.165) is 0 Å². The summed E-state index contributed by atoms with van der Waals surface area (Å²) in [7, 11) is -1.19. The van der Waals surface area contributed by atoms with Gasteiger partial charge in [-0.05, 0) is 53.6 Å². The average Bonchev–Trinajstić information content (AvgIpc) is 2.80. The molecule has 0 bridgehead atoms. The molecule has 3 aromatic rings. The predicted molar refractivity (Wildman–Crippen MR) is 129 cm³/mol. The summed E-state index contributed by atoms with van der Waals surface area (Å²) < 4.78 is 51.9. The van der Waals surface area contributed by atoms with E-state index in [1.54, 1.807) is 30.3 Å². The number of carbonyl (C=O) groups is 1. The molecule has 0 saturated carbocycles. The zero-order valence-corrected chi connectivity index (χ0v) is 20.5. The second kappa shape index (κ2) is 11.1. The minimum absolute atomic E-state index is 0.0941. The van der Waals surface area contributed by atoms with E-state index in [-0.39, 0.29) is 22.1 Å². The number of carbonyl (C=O) groups excluding carboxylic acids is 1. The van der Waals surface area contributed by atoms with Gasteiger partial charge in [0.05, 0.1) is 25.7 Å². The van der Waals surface area contributed by atoms with Gasteiger partial charge in [-0.1, -0.05) is 29.3 Å². The van der Waals surface area contributed by atoms with Crippen LogP contribution in [-0.4, -0.2) is 35.1 Å². The number of ether oxygens (including phenoxy) is 2.